The van der Waals surface area contributed by atoms with Gasteiger partial charge in [-0.3, -0.25) is 4.98 Å². The van der Waals surface area contributed by atoms with E-state index in [-0.39, 0.29) is 6.61 Å². The van der Waals surface area contributed by atoms with E-state index in [1.807, 2.05) is 48.5 Å². The average molecular weight is 265 g/mol. The van der Waals surface area contributed by atoms with Gasteiger partial charge in [0.1, 0.15) is 0 Å². The van der Waals surface area contributed by atoms with Gasteiger partial charge in [0.2, 0.25) is 0 Å². The number of nitrogens with one attached hydrogen (secondary N) is 1. The molecule has 0 aliphatic heterocycles. The predicted octanol–water partition coefficient (Wildman–Crippen LogP) is 2.73. The fourth-order valence-corrected chi connectivity index (χ4v) is 2.10. The maximum Gasteiger partial charge on any atom is 0.0890 e. The van der Waals surface area contributed by atoms with Crippen LogP contribution in [0.1, 0.15) is 11.3 Å². The minimum absolute atomic E-state index is 0.0204. The molecule has 0 aliphatic rings. The number of benzene rings is 2. The Labute approximate surface area is 117 Å². The normalized spacial score (nSPS) is 10.7. The predicted molar refractivity (Wildman–Crippen MR) is 79.2 cm³/mol. The molecule has 0 unspecified atom stereocenters. The van der Waals surface area contributed by atoms with Gasteiger partial charge in [-0.15, -0.1) is 0 Å². The molecule has 20 heavy (non-hydrogen) atoms. The SMILES string of the molecule is OCc1ccccc1NCc1cnc2ccccc2n1. The molecular weight excluding hydrogens is 250 g/mol. The van der Waals surface area contributed by atoms with Crippen molar-refractivity contribution in [3.05, 3.63) is 66.0 Å². The molecule has 0 bridgehead atoms. The molecule has 0 spiro atoms. The minimum Gasteiger partial charge on any atom is -0.392 e. The molecule has 100 valence electrons. The van der Waals surface area contributed by atoms with E-state index in [0.29, 0.717) is 6.54 Å². The largest absolute Gasteiger partial charge is 0.392 e. The maximum absolute atomic E-state index is 9.29. The lowest BCUT2D eigenvalue weighted by Gasteiger charge is -2.10. The van der Waals surface area contributed by atoms with Crippen LogP contribution in [0.2, 0.25) is 0 Å². The van der Waals surface area contributed by atoms with Gasteiger partial charge in [0.15, 0.2) is 0 Å². The number of hydrogen-bond acceptors (Lipinski definition) is 4. The molecular formula is C16H15N3O. The van der Waals surface area contributed by atoms with Crippen LogP contribution in [0.15, 0.2) is 54.7 Å². The van der Waals surface area contributed by atoms with Crippen molar-refractivity contribution in [2.45, 2.75) is 13.2 Å². The molecule has 0 radical (unpaired) electrons. The number of nitrogens with zero attached hydrogens (tertiary/aromatic N) is 2. The second-order valence-corrected chi connectivity index (χ2v) is 4.52. The highest BCUT2D eigenvalue weighted by Gasteiger charge is 2.02. The van der Waals surface area contributed by atoms with Crippen LogP contribution in [0.4, 0.5) is 5.69 Å². The summed E-state index contributed by atoms with van der Waals surface area (Å²) in [6, 6.07) is 15.5. The number of para-hydroxylation sites is 3. The molecule has 3 rings (SSSR count). The summed E-state index contributed by atoms with van der Waals surface area (Å²) in [5.41, 5.74) is 4.46. The molecule has 2 N–H and O–H groups in total. The molecule has 1 heterocycles. The van der Waals surface area contributed by atoms with E-state index in [0.717, 1.165) is 28.0 Å². The number of aliphatic hydroxyl groups is 1. The molecule has 3 aromatic rings. The molecule has 4 heteroatoms. The van der Waals surface area contributed by atoms with Gasteiger partial charge in [0.25, 0.3) is 0 Å². The van der Waals surface area contributed by atoms with Crippen LogP contribution in [0, 0.1) is 0 Å². The number of aliphatic hydroxyl groups excluding tert-OH is 1. The van der Waals surface area contributed by atoms with Crippen molar-refractivity contribution in [1.82, 2.24) is 9.97 Å². The molecule has 0 atom stereocenters. The highest BCUT2D eigenvalue weighted by Crippen LogP contribution is 2.16. The molecule has 0 aliphatic carbocycles. The maximum atomic E-state index is 9.29. The van der Waals surface area contributed by atoms with Crippen LogP contribution >= 0.6 is 0 Å². The van der Waals surface area contributed by atoms with Crippen LogP contribution in [-0.4, -0.2) is 15.1 Å². The number of rotatable bonds is 4. The third-order valence-electron chi connectivity index (χ3n) is 3.15. The van der Waals surface area contributed by atoms with Gasteiger partial charge in [0, 0.05) is 11.3 Å². The number of aromatic nitrogens is 2. The van der Waals surface area contributed by atoms with Crippen molar-refractivity contribution in [3.8, 4) is 0 Å². The molecule has 4 nitrogen and oxygen atoms in total. The summed E-state index contributed by atoms with van der Waals surface area (Å²) in [4.78, 5) is 8.94. The number of anilines is 1. The first kappa shape index (κ1) is 12.6. The fraction of sp³-hybridized carbons (Fsp3) is 0.125. The first-order valence-corrected chi connectivity index (χ1v) is 6.50. The monoisotopic (exact) mass is 265 g/mol. The van der Waals surface area contributed by atoms with Gasteiger partial charge >= 0.3 is 0 Å². The van der Waals surface area contributed by atoms with Crippen LogP contribution in [0.5, 0.6) is 0 Å². The summed E-state index contributed by atoms with van der Waals surface area (Å²) >= 11 is 0. The second-order valence-electron chi connectivity index (χ2n) is 4.52. The lowest BCUT2D eigenvalue weighted by Crippen LogP contribution is -2.04. The standard InChI is InChI=1S/C16H15N3O/c20-11-12-5-1-2-6-14(12)17-9-13-10-18-15-7-3-4-8-16(15)19-13/h1-8,10,17,20H,9,11H2. The zero-order valence-corrected chi connectivity index (χ0v) is 11.0. The second kappa shape index (κ2) is 5.67. The van der Waals surface area contributed by atoms with Crippen molar-refractivity contribution in [3.63, 3.8) is 0 Å². The van der Waals surface area contributed by atoms with Crippen LogP contribution < -0.4 is 5.32 Å². The Morgan fingerprint density at radius 2 is 1.70 bits per heavy atom. The summed E-state index contributed by atoms with van der Waals surface area (Å²) in [6.07, 6.45) is 1.77. The van der Waals surface area contributed by atoms with Crippen LogP contribution in [0.25, 0.3) is 11.0 Å². The smallest absolute Gasteiger partial charge is 0.0890 e. The quantitative estimate of drug-likeness (QED) is 0.761. The lowest BCUT2D eigenvalue weighted by atomic mass is 10.2. The van der Waals surface area contributed by atoms with Crippen molar-refractivity contribution in [1.29, 1.82) is 0 Å². The van der Waals surface area contributed by atoms with Crippen molar-refractivity contribution in [2.24, 2.45) is 0 Å². The van der Waals surface area contributed by atoms with E-state index in [2.05, 4.69) is 15.3 Å². The van der Waals surface area contributed by atoms with Gasteiger partial charge in [0.05, 0.1) is 36.1 Å². The van der Waals surface area contributed by atoms with Gasteiger partial charge in [-0.2, -0.15) is 0 Å². The summed E-state index contributed by atoms with van der Waals surface area (Å²) in [7, 11) is 0. The summed E-state index contributed by atoms with van der Waals surface area (Å²) < 4.78 is 0. The van der Waals surface area contributed by atoms with Gasteiger partial charge in [-0.05, 0) is 18.2 Å². The molecule has 0 saturated carbocycles. The Balaban J connectivity index is 1.79. The summed E-state index contributed by atoms with van der Waals surface area (Å²) in [6.45, 7) is 0.599. The molecule has 0 fully saturated rings. The molecule has 0 amide bonds. The van der Waals surface area contributed by atoms with E-state index in [4.69, 9.17) is 0 Å². The van der Waals surface area contributed by atoms with Crippen molar-refractivity contribution >= 4 is 16.7 Å². The number of fused-ring (bicyclic) bond motifs is 1. The molecule has 1 aromatic heterocycles. The Kier molecular flexibility index (Phi) is 3.56. The zero-order chi connectivity index (χ0) is 13.8. The first-order valence-electron chi connectivity index (χ1n) is 6.50. The van der Waals surface area contributed by atoms with E-state index in [1.165, 1.54) is 0 Å². The first-order chi connectivity index (χ1) is 9.86. The highest BCUT2D eigenvalue weighted by molar-refractivity contribution is 5.73. The van der Waals surface area contributed by atoms with Crippen molar-refractivity contribution in [2.75, 3.05) is 5.32 Å². The third kappa shape index (κ3) is 2.60. The number of hydrogen-bond donors (Lipinski definition) is 2. The minimum atomic E-state index is 0.0204. The van der Waals surface area contributed by atoms with E-state index in [9.17, 15) is 5.11 Å². The topological polar surface area (TPSA) is 58.0 Å². The third-order valence-corrected chi connectivity index (χ3v) is 3.15. The van der Waals surface area contributed by atoms with Crippen LogP contribution in [-0.2, 0) is 13.2 Å². The summed E-state index contributed by atoms with van der Waals surface area (Å²) in [5, 5.41) is 12.6. The Morgan fingerprint density at radius 3 is 2.55 bits per heavy atom. The van der Waals surface area contributed by atoms with E-state index in [1.54, 1.807) is 6.20 Å². The molecule has 2 aromatic carbocycles. The lowest BCUT2D eigenvalue weighted by molar-refractivity contribution is 0.282. The zero-order valence-electron chi connectivity index (χ0n) is 11.0. The van der Waals surface area contributed by atoms with E-state index < -0.39 is 0 Å². The highest BCUT2D eigenvalue weighted by atomic mass is 16.3. The fourth-order valence-electron chi connectivity index (χ4n) is 2.10. The van der Waals surface area contributed by atoms with Crippen LogP contribution in [0.3, 0.4) is 0 Å². The summed E-state index contributed by atoms with van der Waals surface area (Å²) in [5.74, 6) is 0. The van der Waals surface area contributed by atoms with Gasteiger partial charge in [-0.1, -0.05) is 30.3 Å². The molecule has 0 saturated heterocycles. The average Bonchev–Trinajstić information content (AvgIpc) is 2.53. The van der Waals surface area contributed by atoms with E-state index >= 15 is 0 Å². The van der Waals surface area contributed by atoms with Gasteiger partial charge < -0.3 is 10.4 Å². The van der Waals surface area contributed by atoms with Crippen molar-refractivity contribution < 1.29 is 5.11 Å². The van der Waals surface area contributed by atoms with Gasteiger partial charge in [-0.25, -0.2) is 4.98 Å². The Morgan fingerprint density at radius 1 is 0.950 bits per heavy atom. The Bertz CT molecular complexity index is 727. The Hall–Kier alpha value is -2.46.